The van der Waals surface area contributed by atoms with Crippen LogP contribution in [-0.2, 0) is 28.5 Å². The second kappa shape index (κ2) is 18.2. The first kappa shape index (κ1) is 35.6. The van der Waals surface area contributed by atoms with Gasteiger partial charge < -0.3 is 40.4 Å². The number of aromatic nitrogens is 1. The van der Waals surface area contributed by atoms with Crippen LogP contribution in [0.3, 0.4) is 0 Å². The van der Waals surface area contributed by atoms with E-state index in [1.165, 1.54) is 6.92 Å². The lowest BCUT2D eigenvalue weighted by Crippen LogP contribution is -2.39. The Bertz CT molecular complexity index is 1520. The number of ether oxygens (including phenoxy) is 4. The molecule has 2 amide bonds. The molecule has 1 aliphatic heterocycles. The molecule has 2 aromatic carbocycles. The van der Waals surface area contributed by atoms with Crippen molar-refractivity contribution >= 4 is 40.0 Å². The second-order valence-corrected chi connectivity index (χ2v) is 11.2. The number of nitrogen functional groups attached to an aromatic ring is 1. The summed E-state index contributed by atoms with van der Waals surface area (Å²) >= 11 is 0. The number of aliphatic hydroxyl groups is 1. The first-order valence-corrected chi connectivity index (χ1v) is 16.1. The molecule has 12 heteroatoms. The number of benzene rings is 2. The van der Waals surface area contributed by atoms with Crippen LogP contribution in [0.4, 0.5) is 11.4 Å². The molecule has 0 aliphatic carbocycles. The van der Waals surface area contributed by atoms with Crippen molar-refractivity contribution in [1.82, 2.24) is 9.88 Å². The lowest BCUT2D eigenvalue weighted by molar-refractivity contribution is -0.168. The highest BCUT2D eigenvalue weighted by atomic mass is 16.7. The summed E-state index contributed by atoms with van der Waals surface area (Å²) in [6, 6.07) is 14.8. The molecule has 0 bridgehead atoms. The number of fused-ring (bicyclic) bond motifs is 1. The van der Waals surface area contributed by atoms with Crippen molar-refractivity contribution in [3.8, 4) is 0 Å². The molecule has 1 aliphatic rings. The number of para-hydroxylation sites is 3. The Morgan fingerprint density at radius 3 is 2.49 bits per heavy atom. The number of nitrogens with one attached hydrogen (secondary N) is 2. The van der Waals surface area contributed by atoms with Gasteiger partial charge >= 0.3 is 0 Å². The Labute approximate surface area is 275 Å². The average molecular weight is 651 g/mol. The second-order valence-electron chi connectivity index (χ2n) is 11.2. The Kier molecular flexibility index (Phi) is 13.8. The Hall–Kier alpha value is -4.23. The first-order valence-electron chi connectivity index (χ1n) is 16.1. The number of hydrogen-bond donors (Lipinski definition) is 4. The fourth-order valence-electron chi connectivity index (χ4n) is 5.66. The molecule has 0 spiro atoms. The Morgan fingerprint density at radius 2 is 1.74 bits per heavy atom. The van der Waals surface area contributed by atoms with Gasteiger partial charge in [0.05, 0.1) is 43.3 Å². The number of amides is 2. The molecule has 5 N–H and O–H groups in total. The third kappa shape index (κ3) is 9.88. The molecule has 47 heavy (non-hydrogen) atoms. The smallest absolute Gasteiger partial charge is 0.286 e. The molecule has 0 fully saturated rings. The molecule has 254 valence electrons. The monoisotopic (exact) mass is 650 g/mol. The lowest BCUT2D eigenvalue weighted by atomic mass is 9.81. The third-order valence-corrected chi connectivity index (χ3v) is 7.93. The topological polar surface area (TPSA) is 163 Å². The van der Waals surface area contributed by atoms with Crippen molar-refractivity contribution < 1.29 is 38.4 Å². The van der Waals surface area contributed by atoms with Crippen LogP contribution < -0.4 is 16.4 Å². The molecule has 0 saturated heterocycles. The number of carbonyl (C=O) groups is 3. The van der Waals surface area contributed by atoms with Crippen molar-refractivity contribution in [3.05, 3.63) is 72.1 Å². The van der Waals surface area contributed by atoms with Crippen molar-refractivity contribution in [3.63, 3.8) is 0 Å². The highest BCUT2D eigenvalue weighted by Crippen LogP contribution is 2.42. The van der Waals surface area contributed by atoms with Crippen LogP contribution in [0.15, 0.2) is 66.6 Å². The van der Waals surface area contributed by atoms with Gasteiger partial charge in [-0.2, -0.15) is 0 Å². The van der Waals surface area contributed by atoms with Crippen molar-refractivity contribution in [2.75, 3.05) is 57.2 Å². The van der Waals surface area contributed by atoms with Gasteiger partial charge in [0, 0.05) is 56.5 Å². The maximum Gasteiger partial charge on any atom is 0.286 e. The van der Waals surface area contributed by atoms with Gasteiger partial charge in [0.25, 0.3) is 5.91 Å². The number of allylic oxidation sites excluding steroid dienone is 1. The fraction of sp³-hybridized carbons (Fsp3) is 0.457. The summed E-state index contributed by atoms with van der Waals surface area (Å²) in [4.78, 5) is 38.3. The lowest BCUT2D eigenvalue weighted by Gasteiger charge is -2.36. The normalized spacial score (nSPS) is 17.6. The van der Waals surface area contributed by atoms with E-state index in [2.05, 4.69) is 10.6 Å². The van der Waals surface area contributed by atoms with Crippen molar-refractivity contribution in [1.29, 1.82) is 0 Å². The molecule has 0 radical (unpaired) electrons. The van der Waals surface area contributed by atoms with E-state index in [0.29, 0.717) is 63.6 Å². The number of hydrogen-bond acceptors (Lipinski definition) is 9. The summed E-state index contributed by atoms with van der Waals surface area (Å²) < 4.78 is 25.0. The number of aliphatic hydroxyl groups excluding tert-OH is 1. The number of nitrogens with zero attached hydrogens (tertiary/aromatic N) is 1. The Balaban J connectivity index is 1.46. The van der Waals surface area contributed by atoms with Crippen LogP contribution in [0, 0.1) is 5.92 Å². The summed E-state index contributed by atoms with van der Waals surface area (Å²) in [6.07, 6.45) is 4.90. The van der Waals surface area contributed by atoms with Crippen LogP contribution in [0.1, 0.15) is 55.8 Å². The summed E-state index contributed by atoms with van der Waals surface area (Å²) in [5.41, 5.74) is 8.65. The molecule has 3 atom stereocenters. The maximum absolute atomic E-state index is 13.4. The summed E-state index contributed by atoms with van der Waals surface area (Å²) in [6.45, 7) is 5.43. The van der Waals surface area contributed by atoms with Crippen molar-refractivity contribution in [2.45, 2.75) is 51.7 Å². The quantitative estimate of drug-likeness (QED) is 0.117. The number of rotatable bonds is 18. The first-order chi connectivity index (χ1) is 22.8. The van der Waals surface area contributed by atoms with E-state index < -0.39 is 6.29 Å². The molecule has 0 saturated carbocycles. The van der Waals surface area contributed by atoms with Crippen LogP contribution in [0.5, 0.6) is 0 Å². The molecular formula is C35H46N4O8. The van der Waals surface area contributed by atoms with Gasteiger partial charge in [0.15, 0.2) is 5.76 Å². The average Bonchev–Trinajstić information content (AvgIpc) is 3.45. The van der Waals surface area contributed by atoms with Gasteiger partial charge in [-0.3, -0.25) is 19.0 Å². The van der Waals surface area contributed by atoms with Gasteiger partial charge in [-0.15, -0.1) is 0 Å². The molecule has 0 unspecified atom stereocenters. The van der Waals surface area contributed by atoms with Crippen LogP contribution in [-0.4, -0.2) is 79.9 Å². The number of unbranched alkanes of at least 4 members (excludes halogenated alkanes) is 1. The number of anilines is 2. The largest absolute Gasteiger partial charge is 0.459 e. The van der Waals surface area contributed by atoms with Crippen LogP contribution in [0.25, 0.3) is 10.9 Å². The highest BCUT2D eigenvalue weighted by Gasteiger charge is 2.39. The zero-order chi connectivity index (χ0) is 33.6. The molecular weight excluding hydrogens is 604 g/mol. The van der Waals surface area contributed by atoms with Gasteiger partial charge in [0.2, 0.25) is 18.1 Å². The van der Waals surface area contributed by atoms with Crippen LogP contribution in [0.2, 0.25) is 0 Å². The standard InChI is InChI=1S/C35H46N4O8/c1-3-46-35-26(15-18-44-20-21-45-19-17-40)27(28-23-39(24(2)41)31-13-7-4-10-25(28)31)22-32(47-35)34(43)37-16-9-8-14-33(42)38-30-12-6-5-11-29(30)36/h4-7,10-13,22-23,26-27,35,40H,3,8-9,14-21,36H2,1-2H3,(H,37,43)(H,38,42)/t26-,27+,35-/m1/s1. The van der Waals surface area contributed by atoms with Gasteiger partial charge in [-0.25, -0.2) is 0 Å². The maximum atomic E-state index is 13.4. The van der Waals surface area contributed by atoms with E-state index in [9.17, 15) is 14.4 Å². The molecule has 2 heterocycles. The zero-order valence-electron chi connectivity index (χ0n) is 27.1. The summed E-state index contributed by atoms with van der Waals surface area (Å²) in [5, 5.41) is 15.5. The van der Waals surface area contributed by atoms with E-state index >= 15 is 0 Å². The molecule has 3 aromatic rings. The number of nitrogens with two attached hydrogens (primary N) is 1. The predicted octanol–water partition coefficient (Wildman–Crippen LogP) is 4.20. The minimum absolute atomic E-state index is 0.0465. The van der Waals surface area contributed by atoms with E-state index in [0.717, 1.165) is 16.5 Å². The fourth-order valence-corrected chi connectivity index (χ4v) is 5.66. The van der Waals surface area contributed by atoms with E-state index in [4.69, 9.17) is 29.8 Å². The minimum Gasteiger partial charge on any atom is -0.459 e. The number of carbonyl (C=O) groups excluding carboxylic acids is 3. The molecule has 1 aromatic heterocycles. The summed E-state index contributed by atoms with van der Waals surface area (Å²) in [5.74, 6) is -1.06. The van der Waals surface area contributed by atoms with Gasteiger partial charge in [-0.05, 0) is 56.0 Å². The van der Waals surface area contributed by atoms with Gasteiger partial charge in [0.1, 0.15) is 0 Å². The SMILES string of the molecule is CCO[C@@H]1OC(C(=O)NCCCCC(=O)Nc2ccccc2N)=C[C@H](c2cn(C(C)=O)c3ccccc23)[C@H]1CCOCCOCCO. The third-order valence-electron chi connectivity index (χ3n) is 7.93. The molecule has 12 nitrogen and oxygen atoms in total. The van der Waals surface area contributed by atoms with E-state index in [-0.39, 0.29) is 55.0 Å². The zero-order valence-corrected chi connectivity index (χ0v) is 27.1. The summed E-state index contributed by atoms with van der Waals surface area (Å²) in [7, 11) is 0. The highest BCUT2D eigenvalue weighted by molar-refractivity contribution is 5.95. The molecule has 4 rings (SSSR count). The van der Waals surface area contributed by atoms with E-state index in [1.54, 1.807) is 28.8 Å². The van der Waals surface area contributed by atoms with Crippen molar-refractivity contribution in [2.24, 2.45) is 5.92 Å². The van der Waals surface area contributed by atoms with Gasteiger partial charge in [-0.1, -0.05) is 30.3 Å². The predicted molar refractivity (Wildman–Crippen MR) is 179 cm³/mol. The minimum atomic E-state index is -0.737. The Morgan fingerprint density at radius 1 is 1.00 bits per heavy atom. The van der Waals surface area contributed by atoms with Crippen LogP contribution >= 0.6 is 0 Å². The van der Waals surface area contributed by atoms with E-state index in [1.807, 2.05) is 43.5 Å².